The van der Waals surface area contributed by atoms with E-state index in [4.69, 9.17) is 20.0 Å². The molecule has 0 aliphatic heterocycles. The lowest BCUT2D eigenvalue weighted by Gasteiger charge is -2.05. The molecule has 27 heavy (non-hydrogen) atoms. The molecular weight excluding hydrogens is 367 g/mol. The molecule has 0 saturated carbocycles. The van der Waals surface area contributed by atoms with Gasteiger partial charge in [-0.25, -0.2) is 4.57 Å². The SMILES string of the molecule is CCCCCCCCCCCCCCCCCCOP(=O)(O)O.OCCO. The first kappa shape index (κ1) is 29.2. The highest BCUT2D eigenvalue weighted by molar-refractivity contribution is 7.46. The largest absolute Gasteiger partial charge is 0.469 e. The Kier molecular flexibility index (Phi) is 26.1. The zero-order valence-corrected chi connectivity index (χ0v) is 18.4. The Bertz CT molecular complexity index is 307. The molecule has 166 valence electrons. The van der Waals surface area contributed by atoms with Gasteiger partial charge < -0.3 is 20.0 Å². The van der Waals surface area contributed by atoms with E-state index >= 15 is 0 Å². The second-order valence-electron chi connectivity index (χ2n) is 7.07. The van der Waals surface area contributed by atoms with Gasteiger partial charge in [0.15, 0.2) is 0 Å². The lowest BCUT2D eigenvalue weighted by atomic mass is 10.0. The molecule has 0 bridgehead atoms. The first-order chi connectivity index (χ1) is 13.0. The molecule has 0 rings (SSSR count). The van der Waals surface area contributed by atoms with Crippen LogP contribution in [0.15, 0.2) is 0 Å². The first-order valence-electron chi connectivity index (χ1n) is 10.9. The Morgan fingerprint density at radius 1 is 0.593 bits per heavy atom. The summed E-state index contributed by atoms with van der Waals surface area (Å²) in [6, 6.07) is 0. The molecule has 6 nitrogen and oxygen atoms in total. The van der Waals surface area contributed by atoms with E-state index in [1.54, 1.807) is 0 Å². The monoisotopic (exact) mass is 412 g/mol. The van der Waals surface area contributed by atoms with Gasteiger partial charge in [0, 0.05) is 0 Å². The molecule has 7 heteroatoms. The smallest absolute Gasteiger partial charge is 0.394 e. The maximum Gasteiger partial charge on any atom is 0.469 e. The summed E-state index contributed by atoms with van der Waals surface area (Å²) in [5.41, 5.74) is 0. The van der Waals surface area contributed by atoms with Crippen molar-refractivity contribution in [3.05, 3.63) is 0 Å². The van der Waals surface area contributed by atoms with Gasteiger partial charge in [-0.15, -0.1) is 0 Å². The highest BCUT2D eigenvalue weighted by Gasteiger charge is 2.12. The van der Waals surface area contributed by atoms with Gasteiger partial charge in [0.1, 0.15) is 0 Å². The third-order valence-corrected chi connectivity index (χ3v) is 4.88. The van der Waals surface area contributed by atoms with Gasteiger partial charge in [0.05, 0.1) is 19.8 Å². The maximum absolute atomic E-state index is 10.5. The van der Waals surface area contributed by atoms with Crippen molar-refractivity contribution < 1.29 is 29.1 Å². The van der Waals surface area contributed by atoms with E-state index in [1.165, 1.54) is 83.5 Å². The number of aliphatic hydroxyl groups is 2. The fourth-order valence-electron chi connectivity index (χ4n) is 2.83. The zero-order chi connectivity index (χ0) is 20.6. The van der Waals surface area contributed by atoms with Gasteiger partial charge in [-0.05, 0) is 6.42 Å². The van der Waals surface area contributed by atoms with Gasteiger partial charge in [0.25, 0.3) is 0 Å². The summed E-state index contributed by atoms with van der Waals surface area (Å²) < 4.78 is 14.9. The molecule has 0 aliphatic rings. The van der Waals surface area contributed by atoms with Gasteiger partial charge in [0.2, 0.25) is 0 Å². The van der Waals surface area contributed by atoms with Crippen LogP contribution in [0.3, 0.4) is 0 Å². The molecular formula is C20H45O6P. The van der Waals surface area contributed by atoms with Gasteiger partial charge in [-0.1, -0.05) is 103 Å². The molecule has 0 aromatic heterocycles. The molecule has 0 radical (unpaired) electrons. The van der Waals surface area contributed by atoms with Crippen molar-refractivity contribution in [3.63, 3.8) is 0 Å². The number of aliphatic hydroxyl groups excluding tert-OH is 2. The average molecular weight is 413 g/mol. The highest BCUT2D eigenvalue weighted by Crippen LogP contribution is 2.35. The number of phosphoric ester groups is 1. The number of hydrogen-bond donors (Lipinski definition) is 4. The zero-order valence-electron chi connectivity index (χ0n) is 17.5. The van der Waals surface area contributed by atoms with Crippen LogP contribution in [0.25, 0.3) is 0 Å². The van der Waals surface area contributed by atoms with E-state index in [0.717, 1.165) is 19.3 Å². The van der Waals surface area contributed by atoms with Crippen LogP contribution in [-0.4, -0.2) is 39.8 Å². The van der Waals surface area contributed by atoms with Crippen molar-refractivity contribution in [1.82, 2.24) is 0 Å². The topological polar surface area (TPSA) is 107 Å². The third-order valence-electron chi connectivity index (χ3n) is 4.36. The van der Waals surface area contributed by atoms with Gasteiger partial charge in [-0.3, -0.25) is 4.52 Å². The molecule has 0 aromatic carbocycles. The third kappa shape index (κ3) is 34.0. The molecule has 0 saturated heterocycles. The summed E-state index contributed by atoms with van der Waals surface area (Å²) in [6.45, 7) is 2.18. The van der Waals surface area contributed by atoms with Crippen molar-refractivity contribution in [3.8, 4) is 0 Å². The molecule has 0 aromatic rings. The summed E-state index contributed by atoms with van der Waals surface area (Å²) in [5, 5.41) is 15.2. The molecule has 0 aliphatic carbocycles. The molecule has 0 unspecified atom stereocenters. The average Bonchev–Trinajstić information content (AvgIpc) is 2.63. The fraction of sp³-hybridized carbons (Fsp3) is 1.00. The number of hydrogen-bond acceptors (Lipinski definition) is 4. The van der Waals surface area contributed by atoms with Crippen LogP contribution in [0, 0.1) is 0 Å². The lowest BCUT2D eigenvalue weighted by Crippen LogP contribution is -1.92. The van der Waals surface area contributed by atoms with E-state index in [-0.39, 0.29) is 19.8 Å². The molecule has 0 spiro atoms. The van der Waals surface area contributed by atoms with Crippen molar-refractivity contribution >= 4 is 7.82 Å². The Labute approximate surface area is 167 Å². The van der Waals surface area contributed by atoms with E-state index < -0.39 is 7.82 Å². The summed E-state index contributed by atoms with van der Waals surface area (Å²) in [5.74, 6) is 0. The van der Waals surface area contributed by atoms with Crippen LogP contribution in [-0.2, 0) is 9.09 Å². The van der Waals surface area contributed by atoms with E-state index in [2.05, 4.69) is 11.4 Å². The van der Waals surface area contributed by atoms with Crippen LogP contribution in [0.4, 0.5) is 0 Å². The molecule has 0 fully saturated rings. The van der Waals surface area contributed by atoms with Crippen LogP contribution in [0.2, 0.25) is 0 Å². The molecule has 0 heterocycles. The van der Waals surface area contributed by atoms with E-state index in [0.29, 0.717) is 0 Å². The first-order valence-corrected chi connectivity index (χ1v) is 12.4. The van der Waals surface area contributed by atoms with Crippen molar-refractivity contribution in [1.29, 1.82) is 0 Å². The fourth-order valence-corrected chi connectivity index (χ4v) is 3.20. The standard InChI is InChI=1S/C18H39O4P.C2H6O2/c1-2-3-4-5-6-7-8-9-10-11-12-13-14-15-16-17-18-22-23(19,20)21;3-1-2-4/h2-18H2,1H3,(H2,19,20,21);3-4H,1-2H2. The predicted molar refractivity (Wildman–Crippen MR) is 112 cm³/mol. The maximum atomic E-state index is 10.5. The second-order valence-corrected chi connectivity index (χ2v) is 8.31. The normalized spacial score (nSPS) is 11.3. The second kappa shape index (κ2) is 24.1. The highest BCUT2D eigenvalue weighted by atomic mass is 31.2. The predicted octanol–water partition coefficient (Wildman–Crippen LogP) is 5.33. The van der Waals surface area contributed by atoms with Crippen LogP contribution < -0.4 is 0 Å². The minimum absolute atomic E-state index is 0.125. The Hall–Kier alpha value is 0.0300. The minimum Gasteiger partial charge on any atom is -0.394 e. The lowest BCUT2D eigenvalue weighted by molar-refractivity contribution is 0.186. The summed E-state index contributed by atoms with van der Waals surface area (Å²) >= 11 is 0. The van der Waals surface area contributed by atoms with Crippen LogP contribution in [0.5, 0.6) is 0 Å². The Morgan fingerprint density at radius 2 is 0.889 bits per heavy atom. The summed E-state index contributed by atoms with van der Waals surface area (Å²) in [4.78, 5) is 17.1. The van der Waals surface area contributed by atoms with Crippen molar-refractivity contribution in [2.24, 2.45) is 0 Å². The van der Waals surface area contributed by atoms with E-state index in [9.17, 15) is 4.57 Å². The van der Waals surface area contributed by atoms with Gasteiger partial charge in [-0.2, -0.15) is 0 Å². The summed E-state index contributed by atoms with van der Waals surface area (Å²) in [7, 11) is -4.26. The van der Waals surface area contributed by atoms with Crippen molar-refractivity contribution in [2.45, 2.75) is 110 Å². The van der Waals surface area contributed by atoms with Crippen molar-refractivity contribution in [2.75, 3.05) is 19.8 Å². The van der Waals surface area contributed by atoms with Crippen LogP contribution in [0.1, 0.15) is 110 Å². The number of unbranched alkanes of at least 4 members (excludes halogenated alkanes) is 15. The van der Waals surface area contributed by atoms with Crippen LogP contribution >= 0.6 is 7.82 Å². The quantitative estimate of drug-likeness (QED) is 0.169. The molecule has 0 amide bonds. The molecule has 4 N–H and O–H groups in total. The number of phosphoric acid groups is 1. The summed E-state index contributed by atoms with van der Waals surface area (Å²) in [6.07, 6.45) is 20.7. The number of rotatable bonds is 19. The van der Waals surface area contributed by atoms with Gasteiger partial charge >= 0.3 is 7.82 Å². The van der Waals surface area contributed by atoms with E-state index in [1.807, 2.05) is 0 Å². The Morgan fingerprint density at radius 3 is 1.15 bits per heavy atom. The Balaban J connectivity index is 0. The minimum atomic E-state index is -4.26. The molecule has 0 atom stereocenters.